The molecule has 2 rings (SSSR count). The van der Waals surface area contributed by atoms with Crippen molar-refractivity contribution >= 4 is 57.9 Å². The second kappa shape index (κ2) is 5.95. The molecule has 1 heterocycles. The lowest BCUT2D eigenvalue weighted by atomic mass is 10.2. The zero-order valence-corrected chi connectivity index (χ0v) is 12.8. The fourth-order valence-corrected chi connectivity index (χ4v) is 3.26. The number of benzene rings is 1. The number of carboxylic acids is 1. The first-order valence-corrected chi connectivity index (χ1v) is 7.26. The second-order valence-corrected chi connectivity index (χ2v) is 6.17. The third-order valence-electron chi connectivity index (χ3n) is 2.76. The fourth-order valence-electron chi connectivity index (χ4n) is 1.66. The van der Waals surface area contributed by atoms with Crippen LogP contribution in [0.15, 0.2) is 29.2 Å². The van der Waals surface area contributed by atoms with E-state index in [9.17, 15) is 9.59 Å². The summed E-state index contributed by atoms with van der Waals surface area (Å²) in [5.41, 5.74) is 0.692. The number of carbonyl (C=O) groups is 2. The fraction of sp³-hybridized carbons (Fsp3) is 0.154. The summed E-state index contributed by atoms with van der Waals surface area (Å²) < 4.78 is 0.239. The van der Waals surface area contributed by atoms with Crippen LogP contribution < -0.4 is 0 Å². The first-order chi connectivity index (χ1) is 9.41. The van der Waals surface area contributed by atoms with Crippen LogP contribution in [0.25, 0.3) is 6.08 Å². The highest BCUT2D eigenvalue weighted by Crippen LogP contribution is 2.34. The largest absolute Gasteiger partial charge is 0.480 e. The molecule has 0 saturated carbocycles. The third kappa shape index (κ3) is 2.87. The smallest absolute Gasteiger partial charge is 0.326 e. The molecular weight excluding hydrogens is 318 g/mol. The Hall–Kier alpha value is -1.37. The highest BCUT2D eigenvalue weighted by molar-refractivity contribution is 8.26. The van der Waals surface area contributed by atoms with Crippen LogP contribution in [-0.2, 0) is 9.59 Å². The molecule has 1 saturated heterocycles. The van der Waals surface area contributed by atoms with E-state index in [4.69, 9.17) is 28.9 Å². The minimum Gasteiger partial charge on any atom is -0.480 e. The van der Waals surface area contributed by atoms with E-state index in [1.165, 1.54) is 6.92 Å². The lowest BCUT2D eigenvalue weighted by Gasteiger charge is -2.18. The molecule has 1 unspecified atom stereocenters. The standard InChI is InChI=1S/C13H10ClNO3S2/c1-7(12(17)18)15-11(16)10(20-13(15)19)6-8-4-2-3-5-9(8)14/h2-7H,1H3,(H,17,18)/b10-6-. The van der Waals surface area contributed by atoms with Crippen LogP contribution in [0.4, 0.5) is 0 Å². The lowest BCUT2D eigenvalue weighted by Crippen LogP contribution is -2.41. The van der Waals surface area contributed by atoms with E-state index in [1.54, 1.807) is 30.3 Å². The summed E-state index contributed by atoms with van der Waals surface area (Å²) in [5, 5.41) is 9.51. The monoisotopic (exact) mass is 327 g/mol. The van der Waals surface area contributed by atoms with Crippen LogP contribution in [0.3, 0.4) is 0 Å². The van der Waals surface area contributed by atoms with Gasteiger partial charge in [0.25, 0.3) is 5.91 Å². The maximum atomic E-state index is 12.2. The van der Waals surface area contributed by atoms with Crippen LogP contribution in [0.5, 0.6) is 0 Å². The maximum absolute atomic E-state index is 12.2. The molecule has 1 aromatic carbocycles. The van der Waals surface area contributed by atoms with Crippen molar-refractivity contribution in [2.45, 2.75) is 13.0 Å². The zero-order chi connectivity index (χ0) is 14.9. The molecule has 0 spiro atoms. The molecule has 1 fully saturated rings. The Labute approximate surface area is 130 Å². The topological polar surface area (TPSA) is 57.6 Å². The molecule has 1 atom stereocenters. The van der Waals surface area contributed by atoms with Gasteiger partial charge < -0.3 is 5.11 Å². The molecule has 4 nitrogen and oxygen atoms in total. The van der Waals surface area contributed by atoms with Gasteiger partial charge in [0.05, 0.1) is 4.91 Å². The van der Waals surface area contributed by atoms with Crippen molar-refractivity contribution in [1.82, 2.24) is 4.90 Å². The number of thioether (sulfide) groups is 1. The molecule has 104 valence electrons. The number of hydrogen-bond acceptors (Lipinski definition) is 4. The molecule has 0 radical (unpaired) electrons. The van der Waals surface area contributed by atoms with Crippen molar-refractivity contribution < 1.29 is 14.7 Å². The quantitative estimate of drug-likeness (QED) is 0.683. The van der Waals surface area contributed by atoms with Gasteiger partial charge >= 0.3 is 5.97 Å². The summed E-state index contributed by atoms with van der Waals surface area (Å²) in [6.45, 7) is 1.42. The van der Waals surface area contributed by atoms with Crippen LogP contribution in [0, 0.1) is 0 Å². The summed E-state index contributed by atoms with van der Waals surface area (Å²) >= 11 is 12.2. The van der Waals surface area contributed by atoms with Gasteiger partial charge in [-0.1, -0.05) is 53.8 Å². The van der Waals surface area contributed by atoms with Crippen LogP contribution >= 0.6 is 35.6 Å². The molecule has 1 N–H and O–H groups in total. The summed E-state index contributed by atoms with van der Waals surface area (Å²) in [6, 6.07) is 6.10. The van der Waals surface area contributed by atoms with Gasteiger partial charge in [-0.15, -0.1) is 0 Å². The van der Waals surface area contributed by atoms with E-state index in [-0.39, 0.29) is 4.32 Å². The van der Waals surface area contributed by atoms with Gasteiger partial charge in [0.15, 0.2) is 0 Å². The van der Waals surface area contributed by atoms with Gasteiger partial charge in [0, 0.05) is 5.02 Å². The summed E-state index contributed by atoms with van der Waals surface area (Å²) in [4.78, 5) is 24.7. The Morgan fingerprint density at radius 3 is 2.75 bits per heavy atom. The van der Waals surface area contributed by atoms with Crippen molar-refractivity contribution in [2.75, 3.05) is 0 Å². The van der Waals surface area contributed by atoms with Gasteiger partial charge in [-0.05, 0) is 24.6 Å². The van der Waals surface area contributed by atoms with Crippen LogP contribution in [-0.4, -0.2) is 32.2 Å². The number of halogens is 1. The molecule has 0 bridgehead atoms. The Kier molecular flexibility index (Phi) is 4.47. The van der Waals surface area contributed by atoms with E-state index in [0.29, 0.717) is 15.5 Å². The summed E-state index contributed by atoms with van der Waals surface area (Å²) in [7, 11) is 0. The van der Waals surface area contributed by atoms with E-state index in [1.807, 2.05) is 0 Å². The average Bonchev–Trinajstić information content (AvgIpc) is 2.66. The number of nitrogens with zero attached hydrogens (tertiary/aromatic N) is 1. The number of amides is 1. The predicted molar refractivity (Wildman–Crippen MR) is 83.6 cm³/mol. The van der Waals surface area contributed by atoms with E-state index >= 15 is 0 Å². The van der Waals surface area contributed by atoms with E-state index in [0.717, 1.165) is 16.7 Å². The molecule has 1 aliphatic rings. The molecule has 0 aromatic heterocycles. The summed E-state index contributed by atoms with van der Waals surface area (Å²) in [6.07, 6.45) is 1.62. The minimum absolute atomic E-state index is 0.239. The Morgan fingerprint density at radius 2 is 2.15 bits per heavy atom. The predicted octanol–water partition coefficient (Wildman–Crippen LogP) is 3.01. The van der Waals surface area contributed by atoms with Crippen molar-refractivity contribution in [3.8, 4) is 0 Å². The number of rotatable bonds is 3. The highest BCUT2D eigenvalue weighted by atomic mass is 35.5. The van der Waals surface area contributed by atoms with E-state index in [2.05, 4.69) is 0 Å². The first-order valence-electron chi connectivity index (χ1n) is 5.66. The first kappa shape index (κ1) is 15.0. The van der Waals surface area contributed by atoms with Gasteiger partial charge in [0.2, 0.25) is 0 Å². The molecule has 20 heavy (non-hydrogen) atoms. The molecule has 1 aromatic rings. The number of carboxylic acid groups (broad SMARTS) is 1. The van der Waals surface area contributed by atoms with E-state index < -0.39 is 17.9 Å². The maximum Gasteiger partial charge on any atom is 0.326 e. The van der Waals surface area contributed by atoms with Gasteiger partial charge in [-0.25, -0.2) is 4.79 Å². The number of hydrogen-bond donors (Lipinski definition) is 1. The van der Waals surface area contributed by atoms with Gasteiger partial charge in [-0.2, -0.15) is 0 Å². The molecule has 0 aliphatic carbocycles. The van der Waals surface area contributed by atoms with Crippen LogP contribution in [0.1, 0.15) is 12.5 Å². The average molecular weight is 328 g/mol. The lowest BCUT2D eigenvalue weighted by molar-refractivity contribution is -0.144. The summed E-state index contributed by atoms with van der Waals surface area (Å²) in [5.74, 6) is -1.50. The molecule has 1 aliphatic heterocycles. The van der Waals surface area contributed by atoms with Gasteiger partial charge in [0.1, 0.15) is 10.4 Å². The van der Waals surface area contributed by atoms with Gasteiger partial charge in [-0.3, -0.25) is 9.69 Å². The van der Waals surface area contributed by atoms with Crippen molar-refractivity contribution in [1.29, 1.82) is 0 Å². The SMILES string of the molecule is CC(C(=O)O)N1C(=O)/C(=C/c2ccccc2Cl)SC1=S. The molecular formula is C13H10ClNO3S2. The number of aliphatic carboxylic acids is 1. The molecule has 1 amide bonds. The number of carbonyl (C=O) groups excluding carboxylic acids is 1. The normalized spacial score (nSPS) is 18.7. The van der Waals surface area contributed by atoms with Crippen LogP contribution in [0.2, 0.25) is 5.02 Å². The Morgan fingerprint density at radius 1 is 1.50 bits per heavy atom. The second-order valence-electron chi connectivity index (χ2n) is 4.09. The zero-order valence-electron chi connectivity index (χ0n) is 10.4. The van der Waals surface area contributed by atoms with Crippen molar-refractivity contribution in [3.05, 3.63) is 39.8 Å². The third-order valence-corrected chi connectivity index (χ3v) is 4.43. The highest BCUT2D eigenvalue weighted by Gasteiger charge is 2.38. The van der Waals surface area contributed by atoms with Crippen molar-refractivity contribution in [3.63, 3.8) is 0 Å². The molecule has 7 heteroatoms. The minimum atomic E-state index is -1.10. The Bertz CT molecular complexity index is 630. The van der Waals surface area contributed by atoms with Crippen molar-refractivity contribution in [2.24, 2.45) is 0 Å². The Balaban J connectivity index is 2.33. The number of thiocarbonyl (C=S) groups is 1.